The van der Waals surface area contributed by atoms with Crippen molar-refractivity contribution in [1.82, 2.24) is 4.72 Å². The summed E-state index contributed by atoms with van der Waals surface area (Å²) in [6.07, 6.45) is 0.267. The van der Waals surface area contributed by atoms with Gasteiger partial charge in [-0.05, 0) is 30.5 Å². The first kappa shape index (κ1) is 17.4. The fourth-order valence-corrected chi connectivity index (χ4v) is 2.95. The standard InChI is InChI=1S/C13H19FN2O4S/c1-8(2)6-12(13(17)20-3)16-21(18,19)9-4-5-11(15)10(14)7-9/h4-5,7-8,12,16H,6,15H2,1-3H3. The van der Waals surface area contributed by atoms with E-state index in [9.17, 15) is 17.6 Å². The van der Waals surface area contributed by atoms with Crippen LogP contribution in [0.1, 0.15) is 20.3 Å². The summed E-state index contributed by atoms with van der Waals surface area (Å²) in [6.45, 7) is 3.68. The first-order valence-corrected chi connectivity index (χ1v) is 7.81. The predicted octanol–water partition coefficient (Wildman–Crippen LogP) is 1.27. The number of hydrogen-bond acceptors (Lipinski definition) is 5. The number of nitrogens with one attached hydrogen (secondary N) is 1. The summed E-state index contributed by atoms with van der Waals surface area (Å²) in [7, 11) is -2.87. The van der Waals surface area contributed by atoms with Gasteiger partial charge in [-0.3, -0.25) is 4.79 Å². The van der Waals surface area contributed by atoms with Crippen LogP contribution in [-0.4, -0.2) is 27.5 Å². The van der Waals surface area contributed by atoms with Gasteiger partial charge in [-0.2, -0.15) is 4.72 Å². The molecule has 0 bridgehead atoms. The maximum absolute atomic E-state index is 13.4. The van der Waals surface area contributed by atoms with Crippen molar-refractivity contribution in [2.24, 2.45) is 5.92 Å². The summed E-state index contributed by atoms with van der Waals surface area (Å²) >= 11 is 0. The zero-order valence-corrected chi connectivity index (χ0v) is 12.9. The molecule has 21 heavy (non-hydrogen) atoms. The second-order valence-electron chi connectivity index (χ2n) is 5.01. The minimum absolute atomic E-state index is 0.0694. The SMILES string of the molecule is COC(=O)C(CC(C)C)NS(=O)(=O)c1ccc(N)c(F)c1. The van der Waals surface area contributed by atoms with Crippen LogP contribution in [0.3, 0.4) is 0 Å². The Balaban J connectivity index is 3.05. The van der Waals surface area contributed by atoms with Crippen molar-refractivity contribution < 1.29 is 22.3 Å². The minimum atomic E-state index is -4.05. The lowest BCUT2D eigenvalue weighted by atomic mass is 10.1. The van der Waals surface area contributed by atoms with Crippen LogP contribution in [0.2, 0.25) is 0 Å². The van der Waals surface area contributed by atoms with Crippen LogP contribution in [0.15, 0.2) is 23.1 Å². The lowest BCUT2D eigenvalue weighted by molar-refractivity contribution is -0.143. The number of nitrogens with two attached hydrogens (primary N) is 1. The first-order chi connectivity index (χ1) is 9.67. The Kier molecular flexibility index (Phi) is 5.68. The van der Waals surface area contributed by atoms with Gasteiger partial charge in [0, 0.05) is 0 Å². The number of nitrogen functional groups attached to an aromatic ring is 1. The van der Waals surface area contributed by atoms with Gasteiger partial charge in [-0.15, -0.1) is 0 Å². The molecular formula is C13H19FN2O4S. The van der Waals surface area contributed by atoms with Crippen molar-refractivity contribution in [3.63, 3.8) is 0 Å². The molecule has 0 aliphatic rings. The first-order valence-electron chi connectivity index (χ1n) is 6.32. The Labute approximate surface area is 123 Å². The van der Waals surface area contributed by atoms with E-state index in [4.69, 9.17) is 5.73 Å². The van der Waals surface area contributed by atoms with E-state index in [2.05, 4.69) is 9.46 Å². The monoisotopic (exact) mass is 318 g/mol. The summed E-state index contributed by atoms with van der Waals surface area (Å²) in [5.41, 5.74) is 5.15. The Morgan fingerprint density at radius 1 is 1.43 bits per heavy atom. The van der Waals surface area contributed by atoms with Crippen molar-refractivity contribution in [2.75, 3.05) is 12.8 Å². The number of sulfonamides is 1. The molecule has 0 amide bonds. The van der Waals surface area contributed by atoms with Crippen LogP contribution in [0.5, 0.6) is 0 Å². The number of carbonyl (C=O) groups is 1. The number of carbonyl (C=O) groups excluding carboxylic acids is 1. The van der Waals surface area contributed by atoms with Gasteiger partial charge < -0.3 is 10.5 Å². The molecule has 1 unspecified atom stereocenters. The highest BCUT2D eigenvalue weighted by Gasteiger charge is 2.27. The number of hydrogen-bond donors (Lipinski definition) is 2. The van der Waals surface area contributed by atoms with E-state index in [1.54, 1.807) is 0 Å². The molecule has 0 radical (unpaired) electrons. The number of methoxy groups -OCH3 is 1. The van der Waals surface area contributed by atoms with Crippen LogP contribution in [-0.2, 0) is 19.6 Å². The number of esters is 1. The molecule has 3 N–H and O–H groups in total. The summed E-state index contributed by atoms with van der Waals surface area (Å²) < 4.78 is 44.5. The number of rotatable bonds is 6. The lowest BCUT2D eigenvalue weighted by Crippen LogP contribution is -2.42. The van der Waals surface area contributed by atoms with Gasteiger partial charge in [0.1, 0.15) is 11.9 Å². The number of anilines is 1. The van der Waals surface area contributed by atoms with E-state index in [0.717, 1.165) is 12.1 Å². The van der Waals surface area contributed by atoms with Crippen LogP contribution < -0.4 is 10.5 Å². The topological polar surface area (TPSA) is 98.5 Å². The van der Waals surface area contributed by atoms with Gasteiger partial charge in [0.25, 0.3) is 0 Å². The van der Waals surface area contributed by atoms with Crippen molar-refractivity contribution in [2.45, 2.75) is 31.2 Å². The van der Waals surface area contributed by atoms with E-state index in [-0.39, 0.29) is 22.9 Å². The van der Waals surface area contributed by atoms with Gasteiger partial charge >= 0.3 is 5.97 Å². The molecule has 0 aliphatic heterocycles. The zero-order valence-electron chi connectivity index (χ0n) is 12.1. The molecule has 0 spiro atoms. The van der Waals surface area contributed by atoms with Crippen LogP contribution in [0.4, 0.5) is 10.1 Å². The van der Waals surface area contributed by atoms with Crippen LogP contribution in [0.25, 0.3) is 0 Å². The van der Waals surface area contributed by atoms with Crippen molar-refractivity contribution in [1.29, 1.82) is 0 Å². The quantitative estimate of drug-likeness (QED) is 0.608. The molecule has 1 atom stereocenters. The maximum atomic E-state index is 13.4. The highest BCUT2D eigenvalue weighted by atomic mass is 32.2. The average Bonchev–Trinajstić information content (AvgIpc) is 2.39. The summed E-state index contributed by atoms with van der Waals surface area (Å²) in [6, 6.07) is 2.10. The minimum Gasteiger partial charge on any atom is -0.468 e. The Morgan fingerprint density at radius 2 is 2.05 bits per heavy atom. The maximum Gasteiger partial charge on any atom is 0.323 e. The van der Waals surface area contributed by atoms with E-state index in [0.29, 0.717) is 0 Å². The van der Waals surface area contributed by atoms with Gasteiger partial charge in [0.2, 0.25) is 10.0 Å². The third kappa shape index (κ3) is 4.68. The van der Waals surface area contributed by atoms with Crippen molar-refractivity contribution in [3.8, 4) is 0 Å². The molecule has 0 fully saturated rings. The lowest BCUT2D eigenvalue weighted by Gasteiger charge is -2.18. The number of benzene rings is 1. The predicted molar refractivity (Wildman–Crippen MR) is 76.4 cm³/mol. The number of ether oxygens (including phenoxy) is 1. The van der Waals surface area contributed by atoms with Gasteiger partial charge in [0.15, 0.2) is 0 Å². The molecule has 118 valence electrons. The summed E-state index contributed by atoms with van der Waals surface area (Å²) in [5.74, 6) is -1.46. The second-order valence-corrected chi connectivity index (χ2v) is 6.72. The third-order valence-electron chi connectivity index (χ3n) is 2.77. The highest BCUT2D eigenvalue weighted by molar-refractivity contribution is 7.89. The third-order valence-corrected chi connectivity index (χ3v) is 4.24. The second kappa shape index (κ2) is 6.86. The zero-order chi connectivity index (χ0) is 16.2. The number of halogens is 1. The van der Waals surface area contributed by atoms with E-state index >= 15 is 0 Å². The smallest absolute Gasteiger partial charge is 0.323 e. The fourth-order valence-electron chi connectivity index (χ4n) is 1.74. The molecule has 8 heteroatoms. The van der Waals surface area contributed by atoms with Crippen LogP contribution >= 0.6 is 0 Å². The molecule has 1 rings (SSSR count). The normalized spacial score (nSPS) is 13.2. The average molecular weight is 318 g/mol. The fraction of sp³-hybridized carbons (Fsp3) is 0.462. The Bertz CT molecular complexity index is 617. The summed E-state index contributed by atoms with van der Waals surface area (Å²) in [5, 5.41) is 0. The van der Waals surface area contributed by atoms with Crippen molar-refractivity contribution >= 4 is 21.7 Å². The Hall–Kier alpha value is -1.67. The van der Waals surface area contributed by atoms with Gasteiger partial charge in [-0.1, -0.05) is 13.8 Å². The molecule has 1 aromatic carbocycles. The molecule has 0 heterocycles. The Morgan fingerprint density at radius 3 is 2.52 bits per heavy atom. The largest absolute Gasteiger partial charge is 0.468 e. The molecular weight excluding hydrogens is 299 g/mol. The van der Waals surface area contributed by atoms with E-state index < -0.39 is 27.9 Å². The molecule has 0 saturated heterocycles. The van der Waals surface area contributed by atoms with Crippen molar-refractivity contribution in [3.05, 3.63) is 24.0 Å². The van der Waals surface area contributed by atoms with E-state index in [1.165, 1.54) is 13.2 Å². The van der Waals surface area contributed by atoms with Gasteiger partial charge in [-0.25, -0.2) is 12.8 Å². The molecule has 6 nitrogen and oxygen atoms in total. The molecule has 1 aromatic rings. The van der Waals surface area contributed by atoms with Crippen LogP contribution in [0, 0.1) is 11.7 Å². The summed E-state index contributed by atoms with van der Waals surface area (Å²) in [4.78, 5) is 11.3. The molecule has 0 saturated carbocycles. The van der Waals surface area contributed by atoms with E-state index in [1.807, 2.05) is 13.8 Å². The highest BCUT2D eigenvalue weighted by Crippen LogP contribution is 2.17. The molecule has 0 aliphatic carbocycles. The molecule has 0 aromatic heterocycles. The van der Waals surface area contributed by atoms with Gasteiger partial charge in [0.05, 0.1) is 17.7 Å².